The van der Waals surface area contributed by atoms with Crippen molar-refractivity contribution in [3.8, 4) is 11.4 Å². The maximum atomic E-state index is 13.5. The van der Waals surface area contributed by atoms with E-state index in [1.165, 1.54) is 25.4 Å². The molecule has 0 aliphatic carbocycles. The molecule has 1 aromatic carbocycles. The summed E-state index contributed by atoms with van der Waals surface area (Å²) in [6.07, 6.45) is -3.27. The monoisotopic (exact) mass is 494 g/mol. The first-order chi connectivity index (χ1) is 17.1. The van der Waals surface area contributed by atoms with Gasteiger partial charge in [-0.25, -0.2) is 15.0 Å². The summed E-state index contributed by atoms with van der Waals surface area (Å²) < 4.78 is 45.8. The third-order valence-electron chi connectivity index (χ3n) is 5.67. The van der Waals surface area contributed by atoms with Crippen molar-refractivity contribution in [3.05, 3.63) is 71.7 Å². The van der Waals surface area contributed by atoms with Crippen LogP contribution in [-0.4, -0.2) is 40.3 Å². The van der Waals surface area contributed by atoms with Crippen molar-refractivity contribution in [2.75, 3.05) is 19.0 Å². The maximum absolute atomic E-state index is 13.5. The molecule has 10 heteroatoms. The van der Waals surface area contributed by atoms with Crippen LogP contribution in [0.15, 0.2) is 59.7 Å². The van der Waals surface area contributed by atoms with Crippen molar-refractivity contribution < 1.29 is 17.9 Å². The van der Waals surface area contributed by atoms with Crippen LogP contribution in [0.5, 0.6) is 0 Å². The molecule has 4 rings (SSSR count). The molecular formula is C26H25F3N6O. The van der Waals surface area contributed by atoms with Gasteiger partial charge in [-0.3, -0.25) is 4.98 Å². The van der Waals surface area contributed by atoms with E-state index in [9.17, 15) is 13.2 Å². The number of hydrogen-bond acceptors (Lipinski definition) is 7. The first kappa shape index (κ1) is 25.2. The number of fused-ring (bicyclic) bond motifs is 1. The van der Waals surface area contributed by atoms with Gasteiger partial charge in [-0.15, -0.1) is 0 Å². The zero-order chi connectivity index (χ0) is 25.9. The van der Waals surface area contributed by atoms with Gasteiger partial charge in [0.1, 0.15) is 18.1 Å². The molecule has 186 valence electrons. The van der Waals surface area contributed by atoms with Gasteiger partial charge in [0.2, 0.25) is 0 Å². The molecule has 0 bridgehead atoms. The van der Waals surface area contributed by atoms with Crippen LogP contribution in [0.3, 0.4) is 0 Å². The quantitative estimate of drug-likeness (QED) is 0.304. The summed E-state index contributed by atoms with van der Waals surface area (Å²) in [6, 6.07) is 13.2. The summed E-state index contributed by atoms with van der Waals surface area (Å²) in [5.74, 6) is 0.798. The van der Waals surface area contributed by atoms with Gasteiger partial charge in [0, 0.05) is 31.0 Å². The Bertz CT molecular complexity index is 1390. The van der Waals surface area contributed by atoms with Gasteiger partial charge in [-0.05, 0) is 48.7 Å². The Balaban J connectivity index is 1.75. The Kier molecular flexibility index (Phi) is 6.98. The second-order valence-corrected chi connectivity index (χ2v) is 8.85. The summed E-state index contributed by atoms with van der Waals surface area (Å²) in [6.45, 7) is 8.47. The fourth-order valence-corrected chi connectivity index (χ4v) is 3.83. The summed E-state index contributed by atoms with van der Waals surface area (Å²) >= 11 is 0. The van der Waals surface area contributed by atoms with Crippen LogP contribution < -0.4 is 5.32 Å². The number of anilines is 2. The molecule has 0 saturated heterocycles. The fourth-order valence-electron chi connectivity index (χ4n) is 3.83. The zero-order valence-electron chi connectivity index (χ0n) is 20.1. The SMILES string of the molecule is C=NCC(C)(C)c1ccc(Nc2nc(COC)nc3nc(-c4ncccc4C(F)(F)F)ccc23)cc1. The predicted octanol–water partition coefficient (Wildman–Crippen LogP) is 5.97. The van der Waals surface area contributed by atoms with Crippen LogP contribution in [0, 0.1) is 0 Å². The van der Waals surface area contributed by atoms with Gasteiger partial charge in [0.25, 0.3) is 0 Å². The minimum Gasteiger partial charge on any atom is -0.377 e. The number of ether oxygens (including phenoxy) is 1. The van der Waals surface area contributed by atoms with E-state index < -0.39 is 11.7 Å². The molecule has 0 unspecified atom stereocenters. The molecule has 0 fully saturated rings. The Morgan fingerprint density at radius 2 is 1.75 bits per heavy atom. The van der Waals surface area contributed by atoms with E-state index in [1.54, 1.807) is 6.07 Å². The first-order valence-electron chi connectivity index (χ1n) is 11.1. The average Bonchev–Trinajstić information content (AvgIpc) is 2.84. The van der Waals surface area contributed by atoms with Crippen molar-refractivity contribution in [1.82, 2.24) is 19.9 Å². The minimum atomic E-state index is -4.57. The minimum absolute atomic E-state index is 0.0610. The van der Waals surface area contributed by atoms with E-state index in [0.717, 1.165) is 17.3 Å². The number of rotatable bonds is 8. The van der Waals surface area contributed by atoms with E-state index in [-0.39, 0.29) is 29.1 Å². The van der Waals surface area contributed by atoms with Gasteiger partial charge in [-0.1, -0.05) is 26.0 Å². The molecule has 0 saturated carbocycles. The number of pyridine rings is 2. The molecule has 4 aromatic rings. The zero-order valence-corrected chi connectivity index (χ0v) is 20.1. The number of benzene rings is 1. The second kappa shape index (κ2) is 9.98. The molecule has 1 N–H and O–H groups in total. The van der Waals surface area contributed by atoms with Crippen molar-refractivity contribution in [2.24, 2.45) is 4.99 Å². The Morgan fingerprint density at radius 1 is 1.00 bits per heavy atom. The third kappa shape index (κ3) is 5.33. The van der Waals surface area contributed by atoms with Gasteiger partial charge in [0.15, 0.2) is 11.5 Å². The van der Waals surface area contributed by atoms with Crippen LogP contribution in [0.1, 0.15) is 30.8 Å². The summed E-state index contributed by atoms with van der Waals surface area (Å²) in [5.41, 5.74) is 0.884. The Morgan fingerprint density at radius 3 is 2.42 bits per heavy atom. The molecule has 3 aromatic heterocycles. The highest BCUT2D eigenvalue weighted by atomic mass is 19.4. The number of nitrogens with zero attached hydrogens (tertiary/aromatic N) is 5. The molecule has 7 nitrogen and oxygen atoms in total. The molecule has 0 radical (unpaired) electrons. The Hall–Kier alpha value is -3.92. The van der Waals surface area contributed by atoms with Gasteiger partial charge < -0.3 is 15.0 Å². The summed E-state index contributed by atoms with van der Waals surface area (Å²) in [4.78, 5) is 21.3. The van der Waals surface area contributed by atoms with Crippen molar-refractivity contribution in [3.63, 3.8) is 0 Å². The predicted molar refractivity (Wildman–Crippen MR) is 133 cm³/mol. The topological polar surface area (TPSA) is 85.2 Å². The highest BCUT2D eigenvalue weighted by Gasteiger charge is 2.34. The van der Waals surface area contributed by atoms with Crippen LogP contribution in [-0.2, 0) is 22.9 Å². The summed E-state index contributed by atoms with van der Waals surface area (Å²) in [5, 5.41) is 3.82. The number of aliphatic imine (C=N–C) groups is 1. The number of methoxy groups -OCH3 is 1. The van der Waals surface area contributed by atoms with Gasteiger partial charge in [0.05, 0.1) is 16.6 Å². The van der Waals surface area contributed by atoms with Crippen LogP contribution in [0.4, 0.5) is 24.7 Å². The number of aromatic nitrogens is 4. The van der Waals surface area contributed by atoms with E-state index in [2.05, 4.69) is 50.8 Å². The molecule has 36 heavy (non-hydrogen) atoms. The van der Waals surface area contributed by atoms with E-state index in [0.29, 0.717) is 23.6 Å². The first-order valence-corrected chi connectivity index (χ1v) is 11.1. The third-order valence-corrected chi connectivity index (χ3v) is 5.67. The van der Waals surface area contributed by atoms with Crippen molar-refractivity contribution in [1.29, 1.82) is 0 Å². The van der Waals surface area contributed by atoms with Crippen molar-refractivity contribution >= 4 is 29.3 Å². The highest BCUT2D eigenvalue weighted by molar-refractivity contribution is 5.90. The van der Waals surface area contributed by atoms with Crippen LogP contribution >= 0.6 is 0 Å². The van der Waals surface area contributed by atoms with Crippen molar-refractivity contribution in [2.45, 2.75) is 32.0 Å². The lowest BCUT2D eigenvalue weighted by molar-refractivity contribution is -0.137. The van der Waals surface area contributed by atoms with Crippen LogP contribution in [0.2, 0.25) is 0 Å². The summed E-state index contributed by atoms with van der Waals surface area (Å²) in [7, 11) is 1.51. The number of hydrogen-bond donors (Lipinski definition) is 1. The number of alkyl halides is 3. The molecular weight excluding hydrogens is 469 g/mol. The standard InChI is InChI=1S/C26H25F3N6O/c1-25(2,15-30-3)16-7-9-17(10-8-16)32-23-18-11-12-20(33-24(18)35-21(34-23)14-36-4)22-19(26(27,28)29)6-5-13-31-22/h5-13H,3,14-15H2,1-2,4H3,(H,32,33,34,35). The van der Waals surface area contributed by atoms with Crippen LogP contribution in [0.25, 0.3) is 22.4 Å². The molecule has 0 aliphatic rings. The van der Waals surface area contributed by atoms with E-state index in [4.69, 9.17) is 4.74 Å². The maximum Gasteiger partial charge on any atom is 0.418 e. The lowest BCUT2D eigenvalue weighted by Crippen LogP contribution is -2.20. The fraction of sp³-hybridized carbons (Fsp3) is 0.269. The largest absolute Gasteiger partial charge is 0.418 e. The van der Waals surface area contributed by atoms with Gasteiger partial charge >= 0.3 is 6.18 Å². The second-order valence-electron chi connectivity index (χ2n) is 8.85. The highest BCUT2D eigenvalue weighted by Crippen LogP contribution is 2.36. The molecule has 0 atom stereocenters. The molecule has 0 amide bonds. The lowest BCUT2D eigenvalue weighted by Gasteiger charge is -2.23. The normalized spacial score (nSPS) is 12.1. The molecule has 3 heterocycles. The lowest BCUT2D eigenvalue weighted by atomic mass is 9.85. The van der Waals surface area contributed by atoms with Gasteiger partial charge in [-0.2, -0.15) is 13.2 Å². The number of nitrogens with one attached hydrogen (secondary N) is 1. The average molecular weight is 495 g/mol. The number of halogens is 3. The molecule has 0 aliphatic heterocycles. The van der Waals surface area contributed by atoms with E-state index >= 15 is 0 Å². The molecule has 0 spiro atoms. The van der Waals surface area contributed by atoms with E-state index in [1.807, 2.05) is 24.3 Å². The Labute approximate surface area is 206 Å². The smallest absolute Gasteiger partial charge is 0.377 e.